The summed E-state index contributed by atoms with van der Waals surface area (Å²) >= 11 is 0. The Hall–Kier alpha value is -3.06. The highest BCUT2D eigenvalue weighted by molar-refractivity contribution is 5.81. The summed E-state index contributed by atoms with van der Waals surface area (Å²) < 4.78 is 4.90. The van der Waals surface area contributed by atoms with E-state index in [-0.39, 0.29) is 19.6 Å². The molecule has 0 atom stereocenters. The number of ether oxygens (including phenoxy) is 1. The van der Waals surface area contributed by atoms with Crippen LogP contribution in [-0.2, 0) is 20.7 Å². The highest BCUT2D eigenvalue weighted by Crippen LogP contribution is 2.19. The highest BCUT2D eigenvalue weighted by atomic mass is 16.5. The maximum absolute atomic E-state index is 11.7. The third-order valence-electron chi connectivity index (χ3n) is 3.16. The zero-order valence-corrected chi connectivity index (χ0v) is 12.6. The predicted molar refractivity (Wildman–Crippen MR) is 88.4 cm³/mol. The van der Waals surface area contributed by atoms with Crippen LogP contribution in [0.1, 0.15) is 5.56 Å². The van der Waals surface area contributed by atoms with Crippen LogP contribution < -0.4 is 5.32 Å². The average molecular weight is 307 g/mol. The van der Waals surface area contributed by atoms with E-state index in [4.69, 9.17) is 11.2 Å². The van der Waals surface area contributed by atoms with Gasteiger partial charge in [0.25, 0.3) is 5.91 Å². The standard InChI is InChI=1S/C19H17NO3/c1-2-12-20-18(21)14-23-19(22)13-15-8-10-17(11-9-15)16-6-4-3-5-7-16/h1,3-11H,12-14H2,(H,20,21). The number of hydrogen-bond donors (Lipinski definition) is 1. The van der Waals surface area contributed by atoms with Crippen molar-refractivity contribution in [1.29, 1.82) is 0 Å². The van der Waals surface area contributed by atoms with Gasteiger partial charge in [-0.3, -0.25) is 9.59 Å². The van der Waals surface area contributed by atoms with E-state index >= 15 is 0 Å². The number of rotatable bonds is 6. The molecule has 0 aromatic heterocycles. The normalized spacial score (nSPS) is 9.70. The molecule has 0 fully saturated rings. The van der Waals surface area contributed by atoms with Crippen molar-refractivity contribution in [3.63, 3.8) is 0 Å². The van der Waals surface area contributed by atoms with E-state index in [1.165, 1.54) is 0 Å². The fourth-order valence-corrected chi connectivity index (χ4v) is 2.01. The molecule has 0 bridgehead atoms. The molecule has 0 saturated carbocycles. The first-order chi connectivity index (χ1) is 11.2. The quantitative estimate of drug-likeness (QED) is 0.657. The van der Waals surface area contributed by atoms with Crippen molar-refractivity contribution in [3.8, 4) is 23.5 Å². The number of terminal acetylenes is 1. The number of nitrogens with one attached hydrogen (secondary N) is 1. The second kappa shape index (κ2) is 8.40. The van der Waals surface area contributed by atoms with Crippen LogP contribution in [0.4, 0.5) is 0 Å². The summed E-state index contributed by atoms with van der Waals surface area (Å²) in [5.74, 6) is 1.42. The number of amides is 1. The minimum absolute atomic E-state index is 0.122. The lowest BCUT2D eigenvalue weighted by molar-refractivity contribution is -0.147. The van der Waals surface area contributed by atoms with E-state index in [9.17, 15) is 9.59 Å². The average Bonchev–Trinajstić information content (AvgIpc) is 2.59. The van der Waals surface area contributed by atoms with Crippen molar-refractivity contribution in [2.24, 2.45) is 0 Å². The Labute approximate surface area is 135 Å². The van der Waals surface area contributed by atoms with Gasteiger partial charge < -0.3 is 10.1 Å². The summed E-state index contributed by atoms with van der Waals surface area (Å²) in [6.45, 7) is -0.194. The summed E-state index contributed by atoms with van der Waals surface area (Å²) in [6, 6.07) is 17.6. The van der Waals surface area contributed by atoms with Gasteiger partial charge in [-0.25, -0.2) is 0 Å². The summed E-state index contributed by atoms with van der Waals surface area (Å²) in [4.78, 5) is 23.0. The number of carbonyl (C=O) groups is 2. The summed E-state index contributed by atoms with van der Waals surface area (Å²) in [5, 5.41) is 2.42. The second-order valence-electron chi connectivity index (χ2n) is 4.88. The number of benzene rings is 2. The van der Waals surface area contributed by atoms with Gasteiger partial charge in [0.1, 0.15) is 0 Å². The number of carbonyl (C=O) groups excluding carboxylic acids is 2. The Balaban J connectivity index is 1.85. The van der Waals surface area contributed by atoms with Gasteiger partial charge in [0.05, 0.1) is 13.0 Å². The summed E-state index contributed by atoms with van der Waals surface area (Å²) in [6.07, 6.45) is 5.14. The summed E-state index contributed by atoms with van der Waals surface area (Å²) in [5.41, 5.74) is 3.03. The second-order valence-corrected chi connectivity index (χ2v) is 4.88. The predicted octanol–water partition coefficient (Wildman–Crippen LogP) is 2.19. The fourth-order valence-electron chi connectivity index (χ4n) is 2.01. The molecule has 0 radical (unpaired) electrons. The number of esters is 1. The van der Waals surface area contributed by atoms with E-state index in [0.29, 0.717) is 0 Å². The van der Waals surface area contributed by atoms with E-state index in [1.807, 2.05) is 54.6 Å². The van der Waals surface area contributed by atoms with Crippen molar-refractivity contribution in [2.75, 3.05) is 13.2 Å². The third kappa shape index (κ3) is 5.33. The molecule has 2 rings (SSSR count). The van der Waals surface area contributed by atoms with Crippen molar-refractivity contribution in [2.45, 2.75) is 6.42 Å². The molecule has 1 N–H and O–H groups in total. The smallest absolute Gasteiger partial charge is 0.310 e. The Morgan fingerprint density at radius 3 is 2.30 bits per heavy atom. The molecule has 0 heterocycles. The van der Waals surface area contributed by atoms with Gasteiger partial charge in [-0.2, -0.15) is 0 Å². The molecule has 0 aliphatic heterocycles. The molecule has 2 aromatic carbocycles. The molecule has 0 saturated heterocycles. The lowest BCUT2D eigenvalue weighted by Gasteiger charge is -2.06. The molecular formula is C19H17NO3. The van der Waals surface area contributed by atoms with Gasteiger partial charge in [-0.05, 0) is 16.7 Å². The minimum atomic E-state index is -0.451. The fraction of sp³-hybridized carbons (Fsp3) is 0.158. The van der Waals surface area contributed by atoms with Gasteiger partial charge in [-0.15, -0.1) is 6.42 Å². The van der Waals surface area contributed by atoms with Crippen LogP contribution in [0.5, 0.6) is 0 Å². The van der Waals surface area contributed by atoms with Crippen LogP contribution in [0.2, 0.25) is 0 Å². The molecule has 2 aromatic rings. The Kier molecular flexibility index (Phi) is 5.96. The van der Waals surface area contributed by atoms with E-state index in [0.717, 1.165) is 16.7 Å². The molecule has 23 heavy (non-hydrogen) atoms. The van der Waals surface area contributed by atoms with Gasteiger partial charge in [-0.1, -0.05) is 60.5 Å². The van der Waals surface area contributed by atoms with Crippen LogP contribution in [-0.4, -0.2) is 25.0 Å². The Bertz CT molecular complexity index is 700. The summed E-state index contributed by atoms with van der Waals surface area (Å²) in [7, 11) is 0. The van der Waals surface area contributed by atoms with E-state index in [2.05, 4.69) is 11.2 Å². The molecule has 0 aliphatic rings. The van der Waals surface area contributed by atoms with E-state index in [1.54, 1.807) is 0 Å². The van der Waals surface area contributed by atoms with Crippen molar-refractivity contribution < 1.29 is 14.3 Å². The molecule has 0 unspecified atom stereocenters. The van der Waals surface area contributed by atoms with Crippen LogP contribution in [0.3, 0.4) is 0 Å². The van der Waals surface area contributed by atoms with E-state index < -0.39 is 11.9 Å². The van der Waals surface area contributed by atoms with Crippen LogP contribution in [0.25, 0.3) is 11.1 Å². The first-order valence-corrected chi connectivity index (χ1v) is 7.19. The molecule has 116 valence electrons. The Morgan fingerprint density at radius 2 is 1.65 bits per heavy atom. The zero-order valence-electron chi connectivity index (χ0n) is 12.6. The maximum Gasteiger partial charge on any atom is 0.310 e. The van der Waals surface area contributed by atoms with Crippen LogP contribution >= 0.6 is 0 Å². The monoisotopic (exact) mass is 307 g/mol. The van der Waals surface area contributed by atoms with Crippen LogP contribution in [0.15, 0.2) is 54.6 Å². The molecule has 1 amide bonds. The highest BCUT2D eigenvalue weighted by Gasteiger charge is 2.08. The first kappa shape index (κ1) is 16.3. The molecule has 0 aliphatic carbocycles. The van der Waals surface area contributed by atoms with Gasteiger partial charge in [0.2, 0.25) is 0 Å². The SMILES string of the molecule is C#CCNC(=O)COC(=O)Cc1ccc(-c2ccccc2)cc1. The minimum Gasteiger partial charge on any atom is -0.455 e. The van der Waals surface area contributed by atoms with Crippen molar-refractivity contribution >= 4 is 11.9 Å². The Morgan fingerprint density at radius 1 is 1.00 bits per heavy atom. The van der Waals surface area contributed by atoms with Crippen molar-refractivity contribution in [1.82, 2.24) is 5.32 Å². The maximum atomic E-state index is 11.7. The lowest BCUT2D eigenvalue weighted by Crippen LogP contribution is -2.29. The molecule has 4 nitrogen and oxygen atoms in total. The molecule has 4 heteroatoms. The topological polar surface area (TPSA) is 55.4 Å². The third-order valence-corrected chi connectivity index (χ3v) is 3.16. The lowest BCUT2D eigenvalue weighted by atomic mass is 10.0. The molecule has 0 spiro atoms. The number of hydrogen-bond acceptors (Lipinski definition) is 3. The van der Waals surface area contributed by atoms with Gasteiger partial charge >= 0.3 is 5.97 Å². The molecular weight excluding hydrogens is 290 g/mol. The van der Waals surface area contributed by atoms with Crippen molar-refractivity contribution in [3.05, 3.63) is 60.2 Å². The van der Waals surface area contributed by atoms with Crippen LogP contribution in [0, 0.1) is 12.3 Å². The first-order valence-electron chi connectivity index (χ1n) is 7.19. The van der Waals surface area contributed by atoms with Gasteiger partial charge in [0.15, 0.2) is 6.61 Å². The zero-order chi connectivity index (χ0) is 16.5. The largest absolute Gasteiger partial charge is 0.455 e. The van der Waals surface area contributed by atoms with Gasteiger partial charge in [0, 0.05) is 0 Å².